The molecule has 1 amide bonds. The van der Waals surface area contributed by atoms with Gasteiger partial charge in [0.25, 0.3) is 0 Å². The number of hydrogen-bond acceptors (Lipinski definition) is 1. The Labute approximate surface area is 116 Å². The number of rotatable bonds is 3. The van der Waals surface area contributed by atoms with Crippen LogP contribution in [-0.2, 0) is 6.42 Å². The third-order valence-electron chi connectivity index (χ3n) is 2.82. The van der Waals surface area contributed by atoms with Crippen molar-refractivity contribution in [3.05, 3.63) is 59.7 Å². The topological polar surface area (TPSA) is 43.1 Å². The predicted molar refractivity (Wildman–Crippen MR) is 83.2 cm³/mol. The van der Waals surface area contributed by atoms with Crippen molar-refractivity contribution >= 4 is 5.91 Å². The number of carbonyl (C=O) groups is 1. The highest BCUT2D eigenvalue weighted by Gasteiger charge is 2.03. The summed E-state index contributed by atoms with van der Waals surface area (Å²) in [4.78, 5) is 11.1. The van der Waals surface area contributed by atoms with E-state index < -0.39 is 5.91 Å². The maximum atomic E-state index is 11.1. The zero-order valence-electron chi connectivity index (χ0n) is 11.8. The number of benzene rings is 2. The van der Waals surface area contributed by atoms with Gasteiger partial charge in [-0.3, -0.25) is 4.79 Å². The van der Waals surface area contributed by atoms with Crippen molar-refractivity contribution in [2.75, 3.05) is 0 Å². The SMILES string of the molecule is CC.CCc1cccc(-c2cccc(C(N)=O)c2)c1.[HH]. The molecule has 2 aromatic carbocycles. The van der Waals surface area contributed by atoms with Crippen LogP contribution in [0.15, 0.2) is 48.5 Å². The molecule has 0 unspecified atom stereocenters. The molecule has 0 saturated heterocycles. The predicted octanol–water partition coefficient (Wildman–Crippen LogP) is 4.29. The molecule has 2 rings (SSSR count). The number of aryl methyl sites for hydroxylation is 1. The monoisotopic (exact) mass is 257 g/mol. The fraction of sp³-hybridized carbons (Fsp3) is 0.235. The molecule has 2 N–H and O–H groups in total. The number of carbonyl (C=O) groups excluding carboxylic acids is 1. The summed E-state index contributed by atoms with van der Waals surface area (Å²) in [5.41, 5.74) is 9.25. The van der Waals surface area contributed by atoms with Crippen molar-refractivity contribution in [2.45, 2.75) is 27.2 Å². The summed E-state index contributed by atoms with van der Waals surface area (Å²) in [7, 11) is 0. The van der Waals surface area contributed by atoms with Crippen LogP contribution in [0.1, 0.15) is 38.1 Å². The first-order chi connectivity index (χ1) is 9.20. The van der Waals surface area contributed by atoms with Crippen molar-refractivity contribution < 1.29 is 6.22 Å². The molecular weight excluding hydrogens is 234 g/mol. The van der Waals surface area contributed by atoms with Gasteiger partial charge in [-0.05, 0) is 35.2 Å². The van der Waals surface area contributed by atoms with Crippen LogP contribution in [0.2, 0.25) is 0 Å². The first kappa shape index (κ1) is 15.0. The summed E-state index contributed by atoms with van der Waals surface area (Å²) in [5.74, 6) is -0.390. The maximum Gasteiger partial charge on any atom is 0.248 e. The van der Waals surface area contributed by atoms with Crippen LogP contribution in [0.25, 0.3) is 11.1 Å². The van der Waals surface area contributed by atoms with Gasteiger partial charge in [-0.15, -0.1) is 0 Å². The second-order valence-corrected chi connectivity index (χ2v) is 4.00. The van der Waals surface area contributed by atoms with E-state index in [2.05, 4.69) is 19.1 Å². The van der Waals surface area contributed by atoms with Gasteiger partial charge in [0, 0.05) is 6.99 Å². The quantitative estimate of drug-likeness (QED) is 0.875. The van der Waals surface area contributed by atoms with Crippen LogP contribution in [0.4, 0.5) is 0 Å². The van der Waals surface area contributed by atoms with Gasteiger partial charge in [0.05, 0.1) is 0 Å². The lowest BCUT2D eigenvalue weighted by molar-refractivity contribution is 0.100. The molecule has 0 aromatic heterocycles. The van der Waals surface area contributed by atoms with E-state index in [0.717, 1.165) is 17.5 Å². The van der Waals surface area contributed by atoms with E-state index >= 15 is 0 Å². The maximum absolute atomic E-state index is 11.1. The molecule has 0 aliphatic heterocycles. The largest absolute Gasteiger partial charge is 0.366 e. The second-order valence-electron chi connectivity index (χ2n) is 4.00. The summed E-state index contributed by atoms with van der Waals surface area (Å²) in [6.45, 7) is 6.12. The lowest BCUT2D eigenvalue weighted by Gasteiger charge is -2.05. The molecule has 0 spiro atoms. The van der Waals surface area contributed by atoms with Crippen molar-refractivity contribution in [1.29, 1.82) is 0 Å². The van der Waals surface area contributed by atoms with Crippen LogP contribution < -0.4 is 5.73 Å². The number of hydrogen-bond donors (Lipinski definition) is 1. The van der Waals surface area contributed by atoms with Crippen LogP contribution in [0, 0.1) is 0 Å². The van der Waals surface area contributed by atoms with E-state index in [1.165, 1.54) is 5.56 Å². The van der Waals surface area contributed by atoms with E-state index in [-0.39, 0.29) is 1.43 Å². The van der Waals surface area contributed by atoms with E-state index in [0.29, 0.717) is 5.56 Å². The van der Waals surface area contributed by atoms with Crippen LogP contribution in [-0.4, -0.2) is 5.91 Å². The van der Waals surface area contributed by atoms with Crippen molar-refractivity contribution in [3.8, 4) is 11.1 Å². The minimum atomic E-state index is -0.390. The molecular formula is C17H23NO. The summed E-state index contributed by atoms with van der Waals surface area (Å²) >= 11 is 0. The molecule has 0 aliphatic carbocycles. The second kappa shape index (κ2) is 7.37. The molecule has 2 nitrogen and oxygen atoms in total. The van der Waals surface area contributed by atoms with Crippen molar-refractivity contribution in [2.24, 2.45) is 5.73 Å². The fourth-order valence-corrected chi connectivity index (χ4v) is 1.82. The van der Waals surface area contributed by atoms with Crippen LogP contribution in [0.5, 0.6) is 0 Å². The Morgan fingerprint density at radius 3 is 2.21 bits per heavy atom. The third-order valence-corrected chi connectivity index (χ3v) is 2.82. The molecule has 0 atom stereocenters. The summed E-state index contributed by atoms with van der Waals surface area (Å²) < 4.78 is 0. The molecule has 102 valence electrons. The Bertz CT molecular complexity index is 552. The van der Waals surface area contributed by atoms with Crippen LogP contribution in [0.3, 0.4) is 0 Å². The Morgan fingerprint density at radius 1 is 1.05 bits per heavy atom. The van der Waals surface area contributed by atoms with E-state index in [4.69, 9.17) is 5.73 Å². The number of amides is 1. The highest BCUT2D eigenvalue weighted by atomic mass is 16.1. The Morgan fingerprint density at radius 2 is 1.63 bits per heavy atom. The van der Waals surface area contributed by atoms with Gasteiger partial charge in [0.2, 0.25) is 5.91 Å². The molecule has 0 radical (unpaired) electrons. The Hall–Kier alpha value is -2.09. The van der Waals surface area contributed by atoms with Crippen LogP contribution >= 0.6 is 0 Å². The summed E-state index contributed by atoms with van der Waals surface area (Å²) in [6.07, 6.45) is 1.00. The molecule has 2 heteroatoms. The van der Waals surface area contributed by atoms with E-state index in [1.54, 1.807) is 6.07 Å². The Kier molecular flexibility index (Phi) is 5.80. The molecule has 0 bridgehead atoms. The molecule has 0 heterocycles. The molecule has 0 saturated carbocycles. The summed E-state index contributed by atoms with van der Waals surface area (Å²) in [6, 6.07) is 15.7. The lowest BCUT2D eigenvalue weighted by Crippen LogP contribution is -2.10. The first-order valence-corrected chi connectivity index (χ1v) is 6.70. The minimum absolute atomic E-state index is 0. The molecule has 0 fully saturated rings. The Balaban J connectivity index is 0.00000115. The average Bonchev–Trinajstić information content (AvgIpc) is 2.49. The normalized spacial score (nSPS) is 9.42. The van der Waals surface area contributed by atoms with Gasteiger partial charge < -0.3 is 5.73 Å². The van der Waals surface area contributed by atoms with Gasteiger partial charge >= 0.3 is 0 Å². The highest BCUT2D eigenvalue weighted by Crippen LogP contribution is 2.21. The van der Waals surface area contributed by atoms with Gasteiger partial charge in [0.15, 0.2) is 0 Å². The first-order valence-electron chi connectivity index (χ1n) is 6.70. The highest BCUT2D eigenvalue weighted by molar-refractivity contribution is 5.94. The zero-order chi connectivity index (χ0) is 14.3. The molecule has 19 heavy (non-hydrogen) atoms. The summed E-state index contributed by atoms with van der Waals surface area (Å²) in [5, 5.41) is 0. The van der Waals surface area contributed by atoms with E-state index in [9.17, 15) is 4.79 Å². The van der Waals surface area contributed by atoms with Gasteiger partial charge in [-0.25, -0.2) is 0 Å². The van der Waals surface area contributed by atoms with Gasteiger partial charge in [-0.1, -0.05) is 57.2 Å². The third kappa shape index (κ3) is 3.95. The van der Waals surface area contributed by atoms with Gasteiger partial charge in [-0.2, -0.15) is 0 Å². The molecule has 2 aromatic rings. The average molecular weight is 257 g/mol. The number of primary amides is 1. The minimum Gasteiger partial charge on any atom is -0.366 e. The fourth-order valence-electron chi connectivity index (χ4n) is 1.82. The van der Waals surface area contributed by atoms with Crippen molar-refractivity contribution in [1.82, 2.24) is 0 Å². The van der Waals surface area contributed by atoms with E-state index in [1.807, 2.05) is 44.2 Å². The van der Waals surface area contributed by atoms with Gasteiger partial charge in [0.1, 0.15) is 0 Å². The zero-order valence-corrected chi connectivity index (χ0v) is 11.8. The lowest BCUT2D eigenvalue weighted by atomic mass is 10.0. The standard InChI is InChI=1S/C15H15NO.C2H6.H2/c1-2-11-5-3-6-12(9-11)13-7-4-8-14(10-13)15(16)17;1-2;/h3-10H,2H2,1H3,(H2,16,17);1-2H3;1H. The smallest absolute Gasteiger partial charge is 0.248 e. The number of nitrogens with two attached hydrogens (primary N) is 1. The molecule has 0 aliphatic rings. The van der Waals surface area contributed by atoms with Crippen molar-refractivity contribution in [3.63, 3.8) is 0 Å².